The second-order valence-corrected chi connectivity index (χ2v) is 7.84. The van der Waals surface area contributed by atoms with Gasteiger partial charge in [-0.05, 0) is 17.7 Å². The zero-order valence-electron chi connectivity index (χ0n) is 13.4. The summed E-state index contributed by atoms with van der Waals surface area (Å²) in [5, 5.41) is 6.98. The van der Waals surface area contributed by atoms with E-state index in [-0.39, 0.29) is 6.54 Å². The SMILES string of the molecule is CS(=O)(=O)NCCNc1nc(NCc2ccc(Cl)c(Cl)c2)ncc1N. The first-order valence-corrected chi connectivity index (χ1v) is 9.88. The van der Waals surface area contributed by atoms with Gasteiger partial charge in [0.25, 0.3) is 0 Å². The van der Waals surface area contributed by atoms with Crippen molar-refractivity contribution in [2.75, 3.05) is 35.7 Å². The minimum Gasteiger partial charge on any atom is -0.394 e. The first-order chi connectivity index (χ1) is 11.7. The number of rotatable bonds is 8. The van der Waals surface area contributed by atoms with E-state index in [2.05, 4.69) is 25.3 Å². The number of nitrogen functional groups attached to an aromatic ring is 1. The van der Waals surface area contributed by atoms with Gasteiger partial charge in [-0.15, -0.1) is 0 Å². The highest BCUT2D eigenvalue weighted by molar-refractivity contribution is 7.88. The number of benzene rings is 1. The molecule has 0 atom stereocenters. The maximum atomic E-state index is 11.0. The third kappa shape index (κ3) is 6.54. The first kappa shape index (κ1) is 19.5. The van der Waals surface area contributed by atoms with Gasteiger partial charge in [0.05, 0.1) is 28.2 Å². The van der Waals surface area contributed by atoms with Gasteiger partial charge in [-0.25, -0.2) is 18.1 Å². The van der Waals surface area contributed by atoms with Crippen LogP contribution >= 0.6 is 23.2 Å². The van der Waals surface area contributed by atoms with E-state index >= 15 is 0 Å². The van der Waals surface area contributed by atoms with Crippen molar-refractivity contribution in [1.82, 2.24) is 14.7 Å². The molecule has 8 nitrogen and oxygen atoms in total. The molecule has 25 heavy (non-hydrogen) atoms. The molecule has 0 bridgehead atoms. The standard InChI is InChI=1S/C14H18Cl2N6O2S/c1-25(23,24)21-5-4-18-13-12(17)8-20-14(22-13)19-7-9-2-3-10(15)11(16)6-9/h2-3,6,8,21H,4-5,7,17H2,1H3,(H2,18,19,20,22). The van der Waals surface area contributed by atoms with Gasteiger partial charge >= 0.3 is 0 Å². The molecule has 0 aliphatic heterocycles. The molecular formula is C14H18Cl2N6O2S. The van der Waals surface area contributed by atoms with Gasteiger partial charge in [-0.3, -0.25) is 0 Å². The van der Waals surface area contributed by atoms with Crippen molar-refractivity contribution in [3.05, 3.63) is 40.0 Å². The molecule has 1 aromatic carbocycles. The molecule has 0 amide bonds. The number of nitrogens with zero attached hydrogens (tertiary/aromatic N) is 2. The Morgan fingerprint density at radius 2 is 1.92 bits per heavy atom. The van der Waals surface area contributed by atoms with Crippen LogP contribution < -0.4 is 21.1 Å². The summed E-state index contributed by atoms with van der Waals surface area (Å²) in [6, 6.07) is 5.31. The molecular weight excluding hydrogens is 387 g/mol. The van der Waals surface area contributed by atoms with Crippen LogP contribution in [0.3, 0.4) is 0 Å². The number of hydrogen-bond donors (Lipinski definition) is 4. The average Bonchev–Trinajstić information content (AvgIpc) is 2.54. The van der Waals surface area contributed by atoms with Crippen LogP contribution in [-0.2, 0) is 16.6 Å². The van der Waals surface area contributed by atoms with Crippen molar-refractivity contribution in [2.45, 2.75) is 6.54 Å². The van der Waals surface area contributed by atoms with E-state index in [4.69, 9.17) is 28.9 Å². The lowest BCUT2D eigenvalue weighted by molar-refractivity contribution is 0.589. The van der Waals surface area contributed by atoms with E-state index in [0.29, 0.717) is 40.6 Å². The molecule has 1 heterocycles. The Bertz CT molecular complexity index is 847. The molecule has 0 spiro atoms. The summed E-state index contributed by atoms with van der Waals surface area (Å²) in [7, 11) is -3.23. The van der Waals surface area contributed by atoms with Gasteiger partial charge < -0.3 is 16.4 Å². The van der Waals surface area contributed by atoms with Crippen LogP contribution in [0.4, 0.5) is 17.5 Å². The smallest absolute Gasteiger partial charge is 0.225 e. The van der Waals surface area contributed by atoms with Crippen molar-refractivity contribution in [3.8, 4) is 0 Å². The van der Waals surface area contributed by atoms with Crippen LogP contribution in [0.1, 0.15) is 5.56 Å². The second-order valence-electron chi connectivity index (χ2n) is 5.19. The highest BCUT2D eigenvalue weighted by Crippen LogP contribution is 2.23. The number of nitrogens with one attached hydrogen (secondary N) is 3. The third-order valence-electron chi connectivity index (χ3n) is 3.03. The predicted octanol–water partition coefficient (Wildman–Crippen LogP) is 1.94. The van der Waals surface area contributed by atoms with Crippen LogP contribution in [0, 0.1) is 0 Å². The topological polar surface area (TPSA) is 122 Å². The fraction of sp³-hybridized carbons (Fsp3) is 0.286. The van der Waals surface area contributed by atoms with Crippen molar-refractivity contribution >= 4 is 50.7 Å². The van der Waals surface area contributed by atoms with Crippen LogP contribution in [0.15, 0.2) is 24.4 Å². The molecule has 2 rings (SSSR count). The monoisotopic (exact) mass is 404 g/mol. The Morgan fingerprint density at radius 1 is 1.16 bits per heavy atom. The van der Waals surface area contributed by atoms with Gasteiger partial charge in [0, 0.05) is 19.6 Å². The zero-order valence-corrected chi connectivity index (χ0v) is 15.7. The fourth-order valence-electron chi connectivity index (χ4n) is 1.87. The van der Waals surface area contributed by atoms with E-state index in [9.17, 15) is 8.42 Å². The van der Waals surface area contributed by atoms with Crippen molar-refractivity contribution in [2.24, 2.45) is 0 Å². The molecule has 11 heteroatoms. The normalized spacial score (nSPS) is 11.3. The Balaban J connectivity index is 1.94. The number of hydrogen-bond acceptors (Lipinski definition) is 7. The van der Waals surface area contributed by atoms with Gasteiger partial charge in [-0.2, -0.15) is 4.98 Å². The summed E-state index contributed by atoms with van der Waals surface area (Å²) in [4.78, 5) is 8.37. The Hall–Kier alpha value is -1.81. The number of sulfonamides is 1. The molecule has 0 saturated heterocycles. The summed E-state index contributed by atoms with van der Waals surface area (Å²) < 4.78 is 24.4. The minimum absolute atomic E-state index is 0.217. The summed E-state index contributed by atoms with van der Waals surface area (Å²) in [5.41, 5.74) is 7.09. The van der Waals surface area contributed by atoms with Crippen molar-refractivity contribution in [1.29, 1.82) is 0 Å². The van der Waals surface area contributed by atoms with Crippen LogP contribution in [0.2, 0.25) is 10.0 Å². The molecule has 1 aromatic heterocycles. The molecule has 0 aliphatic rings. The summed E-state index contributed by atoms with van der Waals surface area (Å²) in [5.74, 6) is 0.792. The number of nitrogens with two attached hydrogens (primary N) is 1. The summed E-state index contributed by atoms with van der Waals surface area (Å²) in [6.45, 7) is 1.00. The van der Waals surface area contributed by atoms with E-state index in [1.807, 2.05) is 6.07 Å². The summed E-state index contributed by atoms with van der Waals surface area (Å²) >= 11 is 11.9. The quantitative estimate of drug-likeness (QED) is 0.495. The Labute approximate surface area is 156 Å². The number of halogens is 2. The molecule has 2 aromatic rings. The minimum atomic E-state index is -3.23. The van der Waals surface area contributed by atoms with E-state index in [0.717, 1.165) is 11.8 Å². The van der Waals surface area contributed by atoms with Gasteiger partial charge in [0.2, 0.25) is 16.0 Å². The largest absolute Gasteiger partial charge is 0.394 e. The van der Waals surface area contributed by atoms with Gasteiger partial charge in [-0.1, -0.05) is 29.3 Å². The van der Waals surface area contributed by atoms with E-state index in [1.165, 1.54) is 6.20 Å². The molecule has 0 saturated carbocycles. The van der Waals surface area contributed by atoms with Crippen LogP contribution in [0.25, 0.3) is 0 Å². The zero-order chi connectivity index (χ0) is 18.4. The van der Waals surface area contributed by atoms with Crippen molar-refractivity contribution < 1.29 is 8.42 Å². The highest BCUT2D eigenvalue weighted by atomic mass is 35.5. The molecule has 136 valence electrons. The van der Waals surface area contributed by atoms with Gasteiger partial charge in [0.15, 0.2) is 5.82 Å². The fourth-order valence-corrected chi connectivity index (χ4v) is 2.66. The molecule has 0 unspecified atom stereocenters. The number of anilines is 3. The maximum absolute atomic E-state index is 11.0. The van der Waals surface area contributed by atoms with E-state index < -0.39 is 10.0 Å². The van der Waals surface area contributed by atoms with Crippen LogP contribution in [-0.4, -0.2) is 37.7 Å². The third-order valence-corrected chi connectivity index (χ3v) is 4.50. The van der Waals surface area contributed by atoms with Crippen molar-refractivity contribution in [3.63, 3.8) is 0 Å². The molecule has 0 fully saturated rings. The van der Waals surface area contributed by atoms with Crippen LogP contribution in [0.5, 0.6) is 0 Å². The molecule has 5 N–H and O–H groups in total. The molecule has 0 radical (unpaired) electrons. The Kier molecular flexibility index (Phi) is 6.65. The maximum Gasteiger partial charge on any atom is 0.225 e. The highest BCUT2D eigenvalue weighted by Gasteiger charge is 2.06. The lowest BCUT2D eigenvalue weighted by Crippen LogP contribution is -2.28. The van der Waals surface area contributed by atoms with Gasteiger partial charge in [0.1, 0.15) is 0 Å². The molecule has 0 aliphatic carbocycles. The summed E-state index contributed by atoms with van der Waals surface area (Å²) in [6.07, 6.45) is 2.56. The van der Waals surface area contributed by atoms with E-state index in [1.54, 1.807) is 12.1 Å². The lowest BCUT2D eigenvalue weighted by Gasteiger charge is -2.11. The first-order valence-electron chi connectivity index (χ1n) is 7.23. The lowest BCUT2D eigenvalue weighted by atomic mass is 10.2. The average molecular weight is 405 g/mol. The Morgan fingerprint density at radius 3 is 2.60 bits per heavy atom. The predicted molar refractivity (Wildman–Crippen MR) is 102 cm³/mol. The number of aromatic nitrogens is 2. The second kappa shape index (κ2) is 8.52.